The highest BCUT2D eigenvalue weighted by Gasteiger charge is 2.34. The molecule has 1 aromatic heterocycles. The Bertz CT molecular complexity index is 944. The first-order chi connectivity index (χ1) is 13.0. The van der Waals surface area contributed by atoms with Crippen LogP contribution >= 0.6 is 0 Å². The lowest BCUT2D eigenvalue weighted by Crippen LogP contribution is -2.31. The summed E-state index contributed by atoms with van der Waals surface area (Å²) in [7, 11) is -3.66. The van der Waals surface area contributed by atoms with Crippen LogP contribution in [0.2, 0.25) is 0 Å². The number of anilines is 1. The van der Waals surface area contributed by atoms with E-state index in [4.69, 9.17) is 0 Å². The number of carbonyl (C=O) groups excluding carboxylic acids is 1. The molecule has 0 fully saturated rings. The normalized spacial score (nSPS) is 12.1. The second-order valence-corrected chi connectivity index (χ2v) is 8.64. The highest BCUT2D eigenvalue weighted by Crippen LogP contribution is 2.33. The van der Waals surface area contributed by atoms with Gasteiger partial charge in [-0.05, 0) is 38.1 Å². The molecule has 6 nitrogen and oxygen atoms in total. The number of carbonyl (C=O) groups is 1. The zero-order valence-corrected chi connectivity index (χ0v) is 16.1. The van der Waals surface area contributed by atoms with Gasteiger partial charge in [0.25, 0.3) is 5.91 Å². The van der Waals surface area contributed by atoms with E-state index in [1.54, 1.807) is 0 Å². The van der Waals surface area contributed by atoms with Gasteiger partial charge in [-0.15, -0.1) is 0 Å². The zero-order chi connectivity index (χ0) is 20.9. The molecule has 1 amide bonds. The zero-order valence-electron chi connectivity index (χ0n) is 15.2. The quantitative estimate of drug-likeness (QED) is 0.679. The first-order valence-corrected chi connectivity index (χ1v) is 9.97. The van der Waals surface area contributed by atoms with Crippen LogP contribution in [0, 0.1) is 0 Å². The van der Waals surface area contributed by atoms with E-state index in [0.717, 1.165) is 6.07 Å². The smallest absolute Gasteiger partial charge is 0.368 e. The molecule has 0 aliphatic heterocycles. The number of halogens is 3. The first kappa shape index (κ1) is 21.7. The van der Waals surface area contributed by atoms with Gasteiger partial charge in [-0.2, -0.15) is 13.2 Å². The summed E-state index contributed by atoms with van der Waals surface area (Å²) >= 11 is 0. The second-order valence-electron chi connectivity index (χ2n) is 6.17. The Morgan fingerprint density at radius 3 is 2.43 bits per heavy atom. The van der Waals surface area contributed by atoms with Crippen molar-refractivity contribution in [2.75, 3.05) is 18.4 Å². The number of alkyl halides is 3. The summed E-state index contributed by atoms with van der Waals surface area (Å²) in [6.45, 7) is 2.98. The van der Waals surface area contributed by atoms with Gasteiger partial charge >= 0.3 is 6.18 Å². The fourth-order valence-electron chi connectivity index (χ4n) is 2.38. The summed E-state index contributed by atoms with van der Waals surface area (Å²) in [5, 5.41) is 4.33. The third-order valence-electron chi connectivity index (χ3n) is 3.87. The van der Waals surface area contributed by atoms with Crippen LogP contribution < -0.4 is 10.6 Å². The van der Waals surface area contributed by atoms with Crippen LogP contribution in [0.3, 0.4) is 0 Å². The van der Waals surface area contributed by atoms with Gasteiger partial charge in [0.2, 0.25) is 0 Å². The molecule has 2 N–H and O–H groups in total. The fourth-order valence-corrected chi connectivity index (χ4v) is 3.63. The van der Waals surface area contributed by atoms with Crippen LogP contribution in [-0.2, 0) is 16.0 Å². The van der Waals surface area contributed by atoms with Gasteiger partial charge in [-0.25, -0.2) is 13.4 Å². The molecule has 28 heavy (non-hydrogen) atoms. The minimum atomic E-state index is -4.55. The number of hydrogen-bond acceptors (Lipinski definition) is 5. The van der Waals surface area contributed by atoms with E-state index in [0.29, 0.717) is 0 Å². The van der Waals surface area contributed by atoms with Crippen molar-refractivity contribution >= 4 is 21.6 Å². The Morgan fingerprint density at radius 1 is 1.11 bits per heavy atom. The van der Waals surface area contributed by atoms with Crippen molar-refractivity contribution in [1.29, 1.82) is 0 Å². The van der Waals surface area contributed by atoms with Crippen molar-refractivity contribution in [2.24, 2.45) is 0 Å². The molecule has 2 aromatic rings. The van der Waals surface area contributed by atoms with E-state index < -0.39 is 32.7 Å². The van der Waals surface area contributed by atoms with Crippen LogP contribution in [0.15, 0.2) is 47.5 Å². The standard InChI is InChI=1S/C18H20F3N3O3S/c1-12(2)28(26,27)15-8-4-3-6-13(15)17(25)24-11-10-23-16-14(18(19,20)21)7-5-9-22-16/h3-9,12H,10-11H2,1-2H3,(H,22,23)(H,24,25). The van der Waals surface area contributed by atoms with Gasteiger partial charge < -0.3 is 10.6 Å². The SMILES string of the molecule is CC(C)S(=O)(=O)c1ccccc1C(=O)NCCNc1ncccc1C(F)(F)F. The lowest BCUT2D eigenvalue weighted by Gasteiger charge is -2.14. The van der Waals surface area contributed by atoms with E-state index in [1.165, 1.54) is 50.4 Å². The Labute approximate surface area is 161 Å². The predicted octanol–water partition coefficient (Wildman–Crippen LogP) is 3.12. The van der Waals surface area contributed by atoms with Crippen molar-refractivity contribution in [1.82, 2.24) is 10.3 Å². The Morgan fingerprint density at radius 2 is 1.79 bits per heavy atom. The number of benzene rings is 1. The van der Waals surface area contributed by atoms with Gasteiger partial charge in [0.05, 0.1) is 21.3 Å². The van der Waals surface area contributed by atoms with Gasteiger partial charge in [0.15, 0.2) is 9.84 Å². The molecule has 0 atom stereocenters. The van der Waals surface area contributed by atoms with E-state index >= 15 is 0 Å². The summed E-state index contributed by atoms with van der Waals surface area (Å²) in [5.74, 6) is -0.967. The predicted molar refractivity (Wildman–Crippen MR) is 98.8 cm³/mol. The summed E-state index contributed by atoms with van der Waals surface area (Å²) in [6, 6.07) is 7.89. The van der Waals surface area contributed by atoms with Crippen LogP contribution in [0.1, 0.15) is 29.8 Å². The lowest BCUT2D eigenvalue weighted by atomic mass is 10.2. The third-order valence-corrected chi connectivity index (χ3v) is 6.09. The largest absolute Gasteiger partial charge is 0.419 e. The maximum atomic E-state index is 12.9. The van der Waals surface area contributed by atoms with Gasteiger partial charge in [0.1, 0.15) is 5.82 Å². The van der Waals surface area contributed by atoms with Crippen LogP contribution in [0.25, 0.3) is 0 Å². The minimum absolute atomic E-state index is 0.00924. The molecule has 0 bridgehead atoms. The molecule has 0 radical (unpaired) electrons. The number of nitrogens with zero attached hydrogens (tertiary/aromatic N) is 1. The van der Waals surface area contributed by atoms with Crippen LogP contribution in [0.5, 0.6) is 0 Å². The summed E-state index contributed by atoms with van der Waals surface area (Å²) in [4.78, 5) is 16.0. The van der Waals surface area contributed by atoms with E-state index in [1.807, 2.05) is 0 Å². The molecule has 0 spiro atoms. The van der Waals surface area contributed by atoms with E-state index in [9.17, 15) is 26.4 Å². The van der Waals surface area contributed by atoms with Crippen molar-refractivity contribution in [2.45, 2.75) is 30.2 Å². The molecule has 1 heterocycles. The molecular weight excluding hydrogens is 395 g/mol. The molecule has 0 saturated carbocycles. The molecule has 0 saturated heterocycles. The summed E-state index contributed by atoms with van der Waals surface area (Å²) in [6.07, 6.45) is -3.33. The highest BCUT2D eigenvalue weighted by atomic mass is 32.2. The van der Waals surface area contributed by atoms with Gasteiger partial charge in [0, 0.05) is 19.3 Å². The molecule has 10 heteroatoms. The van der Waals surface area contributed by atoms with Gasteiger partial charge in [-0.3, -0.25) is 4.79 Å². The number of aromatic nitrogens is 1. The number of rotatable bonds is 7. The third kappa shape index (κ3) is 5.00. The fraction of sp³-hybridized carbons (Fsp3) is 0.333. The number of hydrogen-bond donors (Lipinski definition) is 2. The maximum absolute atomic E-state index is 12.9. The highest BCUT2D eigenvalue weighted by molar-refractivity contribution is 7.92. The molecule has 1 aromatic carbocycles. The van der Waals surface area contributed by atoms with Gasteiger partial charge in [-0.1, -0.05) is 12.1 Å². The lowest BCUT2D eigenvalue weighted by molar-refractivity contribution is -0.137. The molecular formula is C18H20F3N3O3S. The second kappa shape index (κ2) is 8.59. The number of nitrogens with one attached hydrogen (secondary N) is 2. The van der Waals surface area contributed by atoms with Crippen molar-refractivity contribution in [3.8, 4) is 0 Å². The van der Waals surface area contributed by atoms with Crippen LogP contribution in [0.4, 0.5) is 19.0 Å². The number of amides is 1. The van der Waals surface area contributed by atoms with Crippen molar-refractivity contribution < 1.29 is 26.4 Å². The van der Waals surface area contributed by atoms with Crippen molar-refractivity contribution in [3.63, 3.8) is 0 Å². The van der Waals surface area contributed by atoms with Crippen LogP contribution in [-0.4, -0.2) is 37.6 Å². The average Bonchev–Trinajstić information content (AvgIpc) is 2.64. The van der Waals surface area contributed by atoms with Crippen molar-refractivity contribution in [3.05, 3.63) is 53.7 Å². The number of pyridine rings is 1. The Hall–Kier alpha value is -2.62. The Kier molecular flexibility index (Phi) is 6.65. The first-order valence-electron chi connectivity index (χ1n) is 8.42. The molecule has 152 valence electrons. The summed E-state index contributed by atoms with van der Waals surface area (Å²) in [5.41, 5.74) is -0.917. The Balaban J connectivity index is 2.04. The topological polar surface area (TPSA) is 88.2 Å². The molecule has 2 rings (SSSR count). The molecule has 0 unspecified atom stereocenters. The average molecular weight is 415 g/mol. The number of sulfone groups is 1. The molecule has 0 aliphatic rings. The molecule has 0 aliphatic carbocycles. The monoisotopic (exact) mass is 415 g/mol. The maximum Gasteiger partial charge on any atom is 0.419 e. The summed E-state index contributed by atoms with van der Waals surface area (Å²) < 4.78 is 63.6. The minimum Gasteiger partial charge on any atom is -0.368 e. The van der Waals surface area contributed by atoms with E-state index in [-0.39, 0.29) is 29.4 Å². The van der Waals surface area contributed by atoms with E-state index in [2.05, 4.69) is 15.6 Å².